The minimum Gasteiger partial charge on any atom is -0.391 e. The highest BCUT2D eigenvalue weighted by atomic mass is 16.3. The lowest BCUT2D eigenvalue weighted by Gasteiger charge is -2.13. The number of β-amino-alcohol motifs (C(OH)–C–C–N with tert-alkyl or cyclic N) is 1. The fraction of sp³-hybridized carbons (Fsp3) is 0.714. The Morgan fingerprint density at radius 1 is 1.58 bits per heavy atom. The molecule has 0 saturated carbocycles. The van der Waals surface area contributed by atoms with Crippen molar-refractivity contribution in [1.82, 2.24) is 10.2 Å². The van der Waals surface area contributed by atoms with Crippen LogP contribution in [0.2, 0.25) is 0 Å². The molecule has 1 aliphatic heterocycles. The Kier molecular flexibility index (Phi) is 2.65. The van der Waals surface area contributed by atoms with Crippen LogP contribution in [0.4, 0.5) is 0 Å². The van der Waals surface area contributed by atoms with Gasteiger partial charge in [-0.3, -0.25) is 9.59 Å². The van der Waals surface area contributed by atoms with E-state index in [2.05, 4.69) is 5.32 Å². The normalized spacial score (nSPS) is 22.5. The number of aliphatic hydroxyl groups excluding tert-OH is 1. The molecule has 0 unspecified atom stereocenters. The van der Waals surface area contributed by atoms with Crippen LogP contribution in [0.1, 0.15) is 6.42 Å². The van der Waals surface area contributed by atoms with Gasteiger partial charge in [-0.05, 0) is 6.42 Å². The van der Waals surface area contributed by atoms with Crippen molar-refractivity contribution < 1.29 is 14.7 Å². The second-order valence-electron chi connectivity index (χ2n) is 2.77. The number of carbonyl (C=O) groups excluding carboxylic acids is 2. The van der Waals surface area contributed by atoms with Crippen LogP contribution in [0.3, 0.4) is 0 Å². The number of rotatable bonds is 0. The molecule has 1 heterocycles. The molecule has 2 amide bonds. The molecule has 0 aromatic rings. The number of hydrogen-bond acceptors (Lipinski definition) is 3. The van der Waals surface area contributed by atoms with Gasteiger partial charge in [0.15, 0.2) is 0 Å². The Bertz CT molecular complexity index is 205. The fourth-order valence-corrected chi connectivity index (χ4v) is 1.18. The zero-order chi connectivity index (χ0) is 9.14. The Morgan fingerprint density at radius 2 is 2.25 bits per heavy atom. The van der Waals surface area contributed by atoms with E-state index < -0.39 is 17.9 Å². The van der Waals surface area contributed by atoms with Crippen molar-refractivity contribution >= 4 is 11.8 Å². The van der Waals surface area contributed by atoms with Gasteiger partial charge in [0.25, 0.3) is 0 Å². The Balaban J connectivity index is 2.48. The van der Waals surface area contributed by atoms with Crippen molar-refractivity contribution in [3.63, 3.8) is 0 Å². The third kappa shape index (κ3) is 1.73. The van der Waals surface area contributed by atoms with Gasteiger partial charge >= 0.3 is 11.8 Å². The summed E-state index contributed by atoms with van der Waals surface area (Å²) in [7, 11) is 1.41. The lowest BCUT2D eigenvalue weighted by Crippen LogP contribution is -2.40. The zero-order valence-electron chi connectivity index (χ0n) is 6.91. The smallest absolute Gasteiger partial charge is 0.311 e. The average Bonchev–Trinajstić information content (AvgIpc) is 2.49. The third-order valence-electron chi connectivity index (χ3n) is 1.87. The Morgan fingerprint density at radius 3 is 2.67 bits per heavy atom. The second kappa shape index (κ2) is 3.53. The molecule has 1 saturated heterocycles. The first-order chi connectivity index (χ1) is 5.65. The highest BCUT2D eigenvalue weighted by Crippen LogP contribution is 2.08. The van der Waals surface area contributed by atoms with E-state index in [1.54, 1.807) is 0 Å². The summed E-state index contributed by atoms with van der Waals surface area (Å²) in [5.74, 6) is -1.18. The van der Waals surface area contributed by atoms with E-state index in [9.17, 15) is 9.59 Å². The number of nitrogens with one attached hydrogen (secondary N) is 1. The first kappa shape index (κ1) is 8.99. The molecule has 1 fully saturated rings. The monoisotopic (exact) mass is 172 g/mol. The van der Waals surface area contributed by atoms with Gasteiger partial charge in [-0.15, -0.1) is 0 Å². The number of aliphatic hydroxyl groups is 1. The van der Waals surface area contributed by atoms with E-state index in [0.717, 1.165) is 0 Å². The largest absolute Gasteiger partial charge is 0.391 e. The van der Waals surface area contributed by atoms with Crippen molar-refractivity contribution in [2.45, 2.75) is 12.5 Å². The van der Waals surface area contributed by atoms with Crippen molar-refractivity contribution in [1.29, 1.82) is 0 Å². The molecule has 1 atom stereocenters. The van der Waals surface area contributed by atoms with E-state index >= 15 is 0 Å². The highest BCUT2D eigenvalue weighted by Gasteiger charge is 2.27. The molecule has 1 rings (SSSR count). The van der Waals surface area contributed by atoms with Crippen molar-refractivity contribution in [2.24, 2.45) is 0 Å². The van der Waals surface area contributed by atoms with Gasteiger partial charge in [-0.2, -0.15) is 0 Å². The topological polar surface area (TPSA) is 69.6 Å². The van der Waals surface area contributed by atoms with Gasteiger partial charge in [-0.1, -0.05) is 0 Å². The number of hydrogen-bond donors (Lipinski definition) is 2. The summed E-state index contributed by atoms with van der Waals surface area (Å²) in [4.78, 5) is 23.3. The first-order valence-corrected chi connectivity index (χ1v) is 3.84. The van der Waals surface area contributed by atoms with Crippen LogP contribution >= 0.6 is 0 Å². The maximum absolute atomic E-state index is 11.1. The number of carbonyl (C=O) groups is 2. The lowest BCUT2D eigenvalue weighted by atomic mass is 10.3. The Labute approximate surface area is 70.4 Å². The van der Waals surface area contributed by atoms with E-state index in [1.165, 1.54) is 11.9 Å². The molecule has 0 aromatic carbocycles. The summed E-state index contributed by atoms with van der Waals surface area (Å²) < 4.78 is 0. The number of amides is 2. The molecule has 68 valence electrons. The van der Waals surface area contributed by atoms with Gasteiger partial charge in [0.2, 0.25) is 0 Å². The molecular formula is C7H12N2O3. The van der Waals surface area contributed by atoms with Crippen LogP contribution < -0.4 is 5.32 Å². The van der Waals surface area contributed by atoms with Crippen LogP contribution in [0.15, 0.2) is 0 Å². The quantitative estimate of drug-likeness (QED) is 0.429. The molecule has 12 heavy (non-hydrogen) atoms. The predicted molar refractivity (Wildman–Crippen MR) is 41.3 cm³/mol. The van der Waals surface area contributed by atoms with E-state index in [4.69, 9.17) is 5.11 Å². The van der Waals surface area contributed by atoms with Crippen LogP contribution in [-0.2, 0) is 9.59 Å². The molecule has 0 radical (unpaired) electrons. The molecule has 1 aliphatic rings. The molecule has 0 bridgehead atoms. The van der Waals surface area contributed by atoms with Crippen LogP contribution in [0.5, 0.6) is 0 Å². The van der Waals surface area contributed by atoms with Crippen LogP contribution in [0.25, 0.3) is 0 Å². The summed E-state index contributed by atoms with van der Waals surface area (Å²) in [6.07, 6.45) is 0.0848. The zero-order valence-corrected chi connectivity index (χ0v) is 6.91. The minimum absolute atomic E-state index is 0.270. The van der Waals surface area contributed by atoms with E-state index in [0.29, 0.717) is 13.0 Å². The molecule has 0 aliphatic carbocycles. The third-order valence-corrected chi connectivity index (χ3v) is 1.87. The fourth-order valence-electron chi connectivity index (χ4n) is 1.18. The standard InChI is InChI=1S/C7H12N2O3/c1-8-6(11)7(12)9-3-2-5(10)4-9/h5,10H,2-4H2,1H3,(H,8,11)/t5-/m1/s1. The minimum atomic E-state index is -0.621. The van der Waals surface area contributed by atoms with Crippen LogP contribution in [0, 0.1) is 0 Å². The highest BCUT2D eigenvalue weighted by molar-refractivity contribution is 6.34. The Hall–Kier alpha value is -1.10. The number of likely N-dealkylation sites (tertiary alicyclic amines) is 1. The maximum atomic E-state index is 11.1. The molecule has 5 heteroatoms. The summed E-state index contributed by atoms with van der Waals surface area (Å²) in [6.45, 7) is 0.736. The van der Waals surface area contributed by atoms with Crippen molar-refractivity contribution in [3.05, 3.63) is 0 Å². The van der Waals surface area contributed by atoms with Gasteiger partial charge in [0.1, 0.15) is 0 Å². The van der Waals surface area contributed by atoms with Crippen LogP contribution in [-0.4, -0.2) is 48.1 Å². The molecule has 0 aromatic heterocycles. The second-order valence-corrected chi connectivity index (χ2v) is 2.77. The summed E-state index contributed by atoms with van der Waals surface area (Å²) in [5.41, 5.74) is 0. The molecular weight excluding hydrogens is 160 g/mol. The SMILES string of the molecule is CNC(=O)C(=O)N1CC[C@@H](O)C1. The van der Waals surface area contributed by atoms with Crippen molar-refractivity contribution in [2.75, 3.05) is 20.1 Å². The van der Waals surface area contributed by atoms with Gasteiger partial charge in [-0.25, -0.2) is 0 Å². The lowest BCUT2D eigenvalue weighted by molar-refractivity contribution is -0.145. The average molecular weight is 172 g/mol. The number of likely N-dealkylation sites (N-methyl/N-ethyl adjacent to an activating group) is 1. The van der Waals surface area contributed by atoms with Gasteiger partial charge in [0, 0.05) is 20.1 Å². The van der Waals surface area contributed by atoms with Gasteiger partial charge < -0.3 is 15.3 Å². The summed E-state index contributed by atoms with van der Waals surface area (Å²) in [5, 5.41) is 11.3. The molecule has 5 nitrogen and oxygen atoms in total. The van der Waals surface area contributed by atoms with Gasteiger partial charge in [0.05, 0.1) is 6.10 Å². The van der Waals surface area contributed by atoms with E-state index in [-0.39, 0.29) is 6.54 Å². The predicted octanol–water partition coefficient (Wildman–Crippen LogP) is -1.67. The number of nitrogens with zero attached hydrogens (tertiary/aromatic N) is 1. The molecule has 0 spiro atoms. The van der Waals surface area contributed by atoms with E-state index in [1.807, 2.05) is 0 Å². The van der Waals surface area contributed by atoms with Crippen molar-refractivity contribution in [3.8, 4) is 0 Å². The first-order valence-electron chi connectivity index (χ1n) is 3.84. The summed E-state index contributed by atoms with van der Waals surface area (Å²) >= 11 is 0. The summed E-state index contributed by atoms with van der Waals surface area (Å²) in [6, 6.07) is 0. The maximum Gasteiger partial charge on any atom is 0.311 e. The molecule has 2 N–H and O–H groups in total.